The van der Waals surface area contributed by atoms with Crippen molar-refractivity contribution < 1.29 is 19.4 Å². The molecule has 1 heterocycles. The minimum Gasteiger partial charge on any atom is -0.481 e. The second kappa shape index (κ2) is 6.16. The third-order valence-electron chi connectivity index (χ3n) is 2.27. The van der Waals surface area contributed by atoms with Gasteiger partial charge >= 0.3 is 18.0 Å². The Morgan fingerprint density at radius 2 is 1.95 bits per heavy atom. The summed E-state index contributed by atoms with van der Waals surface area (Å²) in [5, 5.41) is 8.76. The number of hydrogen-bond acceptors (Lipinski definition) is 6. The van der Waals surface area contributed by atoms with Gasteiger partial charge in [0, 0.05) is 5.56 Å². The topological polar surface area (TPSA) is 94.4 Å². The zero-order chi connectivity index (χ0) is 14.5. The molecule has 2 aromatic rings. The highest BCUT2D eigenvalue weighted by Gasteiger charge is 2.12. The second-order valence-corrected chi connectivity index (χ2v) is 3.99. The lowest BCUT2D eigenvalue weighted by Gasteiger charge is -2.08. The van der Waals surface area contributed by atoms with Crippen molar-refractivity contribution in [2.24, 2.45) is 0 Å². The Kier molecular flexibility index (Phi) is 4.31. The van der Waals surface area contributed by atoms with E-state index in [0.29, 0.717) is 11.3 Å². The number of rotatable bonds is 5. The molecule has 1 aromatic heterocycles. The van der Waals surface area contributed by atoms with Crippen LogP contribution in [0.3, 0.4) is 0 Å². The molecule has 104 valence electrons. The Labute approximate surface area is 119 Å². The molecule has 0 fully saturated rings. The maximum atomic E-state index is 10.8. The van der Waals surface area contributed by atoms with Gasteiger partial charge in [-0.25, -0.2) is 0 Å². The number of carbonyl (C=O) groups is 1. The van der Waals surface area contributed by atoms with Crippen LogP contribution in [-0.4, -0.2) is 33.1 Å². The van der Waals surface area contributed by atoms with Crippen molar-refractivity contribution in [2.75, 3.05) is 7.11 Å². The highest BCUT2D eigenvalue weighted by molar-refractivity contribution is 6.28. The van der Waals surface area contributed by atoms with Crippen LogP contribution in [0.5, 0.6) is 17.8 Å². The Bertz CT molecular complexity index is 636. The molecule has 0 amide bonds. The molecule has 20 heavy (non-hydrogen) atoms. The zero-order valence-corrected chi connectivity index (χ0v) is 11.2. The molecule has 1 aromatic carbocycles. The van der Waals surface area contributed by atoms with Gasteiger partial charge in [-0.2, -0.15) is 9.97 Å². The van der Waals surface area contributed by atoms with Gasteiger partial charge in [-0.3, -0.25) is 4.79 Å². The summed E-state index contributed by atoms with van der Waals surface area (Å²) in [6.45, 7) is 0. The predicted molar refractivity (Wildman–Crippen MR) is 69.2 cm³/mol. The van der Waals surface area contributed by atoms with Crippen molar-refractivity contribution in [1.29, 1.82) is 0 Å². The number of carboxylic acids is 1. The van der Waals surface area contributed by atoms with Crippen LogP contribution in [0.1, 0.15) is 5.56 Å². The third kappa shape index (κ3) is 3.55. The normalized spacial score (nSPS) is 10.1. The maximum Gasteiger partial charge on any atom is 0.329 e. The van der Waals surface area contributed by atoms with Crippen molar-refractivity contribution in [2.45, 2.75) is 6.42 Å². The van der Waals surface area contributed by atoms with Crippen molar-refractivity contribution in [3.05, 3.63) is 35.1 Å². The fourth-order valence-corrected chi connectivity index (χ4v) is 1.61. The number of halogens is 1. The van der Waals surface area contributed by atoms with Gasteiger partial charge in [-0.05, 0) is 17.7 Å². The number of carboxylic acid groups (broad SMARTS) is 1. The van der Waals surface area contributed by atoms with Crippen LogP contribution in [0.25, 0.3) is 0 Å². The number of aromatic nitrogens is 3. The Morgan fingerprint density at radius 1 is 1.25 bits per heavy atom. The quantitative estimate of drug-likeness (QED) is 0.900. The first-order chi connectivity index (χ1) is 9.58. The molecule has 0 bridgehead atoms. The molecule has 0 atom stereocenters. The van der Waals surface area contributed by atoms with E-state index in [-0.39, 0.29) is 23.7 Å². The number of para-hydroxylation sites is 1. The van der Waals surface area contributed by atoms with E-state index in [4.69, 9.17) is 26.2 Å². The zero-order valence-electron chi connectivity index (χ0n) is 10.4. The molecule has 2 rings (SSSR count). The Morgan fingerprint density at radius 3 is 2.65 bits per heavy atom. The SMILES string of the molecule is COc1nc(Cl)nc(Oc2ccccc2CC(=O)O)n1. The lowest BCUT2D eigenvalue weighted by molar-refractivity contribution is -0.136. The monoisotopic (exact) mass is 295 g/mol. The molecule has 0 aliphatic rings. The van der Waals surface area contributed by atoms with Gasteiger partial charge < -0.3 is 14.6 Å². The first kappa shape index (κ1) is 14.0. The highest BCUT2D eigenvalue weighted by atomic mass is 35.5. The molecular formula is C12H10ClN3O4. The van der Waals surface area contributed by atoms with Crippen molar-refractivity contribution >= 4 is 17.6 Å². The van der Waals surface area contributed by atoms with Crippen LogP contribution in [0.15, 0.2) is 24.3 Å². The minimum atomic E-state index is -0.965. The number of aliphatic carboxylic acids is 1. The average Bonchev–Trinajstić information content (AvgIpc) is 2.39. The van der Waals surface area contributed by atoms with Crippen LogP contribution >= 0.6 is 11.6 Å². The van der Waals surface area contributed by atoms with Crippen LogP contribution in [0, 0.1) is 0 Å². The summed E-state index contributed by atoms with van der Waals surface area (Å²) in [5.74, 6) is -0.633. The number of ether oxygens (including phenoxy) is 2. The van der Waals surface area contributed by atoms with E-state index in [1.807, 2.05) is 0 Å². The third-order valence-corrected chi connectivity index (χ3v) is 2.43. The fraction of sp³-hybridized carbons (Fsp3) is 0.167. The van der Waals surface area contributed by atoms with Gasteiger partial charge in [0.25, 0.3) is 0 Å². The largest absolute Gasteiger partial charge is 0.481 e. The van der Waals surface area contributed by atoms with Crippen LogP contribution in [0.2, 0.25) is 5.28 Å². The molecule has 8 heteroatoms. The number of benzene rings is 1. The molecule has 1 N–H and O–H groups in total. The minimum absolute atomic E-state index is 0.00992. The van der Waals surface area contributed by atoms with Crippen LogP contribution < -0.4 is 9.47 Å². The Hall–Kier alpha value is -2.41. The molecule has 0 aliphatic carbocycles. The molecule has 0 unspecified atom stereocenters. The molecule has 0 aliphatic heterocycles. The van der Waals surface area contributed by atoms with Gasteiger partial charge in [0.05, 0.1) is 13.5 Å². The lowest BCUT2D eigenvalue weighted by Crippen LogP contribution is -2.03. The lowest BCUT2D eigenvalue weighted by atomic mass is 10.1. The van der Waals surface area contributed by atoms with Crippen LogP contribution in [0.4, 0.5) is 0 Å². The summed E-state index contributed by atoms with van der Waals surface area (Å²) in [5.41, 5.74) is 0.496. The molecule has 7 nitrogen and oxygen atoms in total. The number of hydrogen-bond donors (Lipinski definition) is 1. The number of methoxy groups -OCH3 is 1. The van der Waals surface area contributed by atoms with Crippen molar-refractivity contribution in [3.63, 3.8) is 0 Å². The number of nitrogens with zero attached hydrogens (tertiary/aromatic N) is 3. The summed E-state index contributed by atoms with van der Waals surface area (Å²) in [6, 6.07) is 6.62. The van der Waals surface area contributed by atoms with E-state index in [9.17, 15) is 4.79 Å². The maximum absolute atomic E-state index is 10.8. The first-order valence-electron chi connectivity index (χ1n) is 5.51. The van der Waals surface area contributed by atoms with E-state index in [2.05, 4.69) is 15.0 Å². The van der Waals surface area contributed by atoms with E-state index in [1.165, 1.54) is 7.11 Å². The van der Waals surface area contributed by atoms with Gasteiger partial charge in [0.1, 0.15) is 5.75 Å². The van der Waals surface area contributed by atoms with Gasteiger partial charge in [-0.1, -0.05) is 18.2 Å². The van der Waals surface area contributed by atoms with E-state index in [0.717, 1.165) is 0 Å². The van der Waals surface area contributed by atoms with Crippen molar-refractivity contribution in [3.8, 4) is 17.8 Å². The Balaban J connectivity index is 2.30. The summed E-state index contributed by atoms with van der Waals surface area (Å²) < 4.78 is 10.3. The fourth-order valence-electron chi connectivity index (χ4n) is 1.46. The molecule has 0 spiro atoms. The van der Waals surface area contributed by atoms with Crippen molar-refractivity contribution in [1.82, 2.24) is 15.0 Å². The molecule has 0 saturated heterocycles. The average molecular weight is 296 g/mol. The van der Waals surface area contributed by atoms with E-state index < -0.39 is 5.97 Å². The summed E-state index contributed by atoms with van der Waals surface area (Å²) >= 11 is 5.70. The predicted octanol–water partition coefficient (Wildman–Crippen LogP) is 1.95. The standard InChI is InChI=1S/C12H10ClN3O4/c1-19-11-14-10(13)15-12(16-11)20-8-5-3-2-4-7(8)6-9(17)18/h2-5H,6H2,1H3,(H,17,18). The first-order valence-corrected chi connectivity index (χ1v) is 5.89. The van der Waals surface area contributed by atoms with E-state index >= 15 is 0 Å². The van der Waals surface area contributed by atoms with E-state index in [1.54, 1.807) is 24.3 Å². The molecule has 0 saturated carbocycles. The van der Waals surface area contributed by atoms with Gasteiger partial charge in [0.2, 0.25) is 5.28 Å². The highest BCUT2D eigenvalue weighted by Crippen LogP contribution is 2.24. The van der Waals surface area contributed by atoms with Crippen LogP contribution in [-0.2, 0) is 11.2 Å². The molecule has 0 radical (unpaired) electrons. The van der Waals surface area contributed by atoms with Gasteiger partial charge in [-0.15, -0.1) is 4.98 Å². The summed E-state index contributed by atoms with van der Waals surface area (Å²) in [7, 11) is 1.38. The molecular weight excluding hydrogens is 286 g/mol. The second-order valence-electron chi connectivity index (χ2n) is 3.65. The van der Waals surface area contributed by atoms with Gasteiger partial charge in [0.15, 0.2) is 0 Å². The summed E-state index contributed by atoms with van der Waals surface area (Å²) in [6.07, 6.45) is -0.174. The smallest absolute Gasteiger partial charge is 0.329 e. The summed E-state index contributed by atoms with van der Waals surface area (Å²) in [4.78, 5) is 22.2.